The van der Waals surface area contributed by atoms with E-state index in [1.807, 2.05) is 6.07 Å². The minimum atomic E-state index is -0.762. The molecule has 15 heavy (non-hydrogen) atoms. The number of nitrogens with one attached hydrogen (secondary N) is 1. The fraction of sp³-hybridized carbons (Fsp3) is 0. The second-order valence-corrected chi connectivity index (χ2v) is 3.28. The largest absolute Gasteiger partial charge is 0.340 e. The molecule has 0 aliphatic carbocycles. The summed E-state index contributed by atoms with van der Waals surface area (Å²) in [6.45, 7) is 0. The van der Waals surface area contributed by atoms with Gasteiger partial charge in [-0.15, -0.1) is 0 Å². The van der Waals surface area contributed by atoms with E-state index in [1.54, 1.807) is 24.3 Å². The molecule has 2 rings (SSSR count). The molecule has 3 nitrogen and oxygen atoms in total. The zero-order chi connectivity index (χ0) is 10.7. The van der Waals surface area contributed by atoms with Gasteiger partial charge < -0.3 is 5.32 Å². The van der Waals surface area contributed by atoms with Crippen molar-refractivity contribution in [2.45, 2.75) is 0 Å². The van der Waals surface area contributed by atoms with Crippen molar-refractivity contribution >= 4 is 23.1 Å². The molecule has 76 valence electrons. The zero-order valence-electron chi connectivity index (χ0n) is 7.61. The number of benzene rings is 1. The van der Waals surface area contributed by atoms with Gasteiger partial charge in [-0.3, -0.25) is 0 Å². The minimum Gasteiger partial charge on any atom is -0.340 e. The Balaban J connectivity index is 2.22. The first kappa shape index (κ1) is 9.86. The number of aromatic nitrogens is 2. The van der Waals surface area contributed by atoms with E-state index in [0.717, 1.165) is 5.69 Å². The Morgan fingerprint density at radius 1 is 1.27 bits per heavy atom. The predicted molar refractivity (Wildman–Crippen MR) is 56.7 cm³/mol. The maximum Gasteiger partial charge on any atom is 0.310 e. The third-order valence-electron chi connectivity index (χ3n) is 1.72. The standard InChI is InChI=1S/C10H7ClFN3/c11-7-2-1-3-8(6-7)14-9-4-5-13-10(12)15-9/h1-6H,(H,13,14,15). The lowest BCUT2D eigenvalue weighted by molar-refractivity contribution is 0.540. The van der Waals surface area contributed by atoms with Gasteiger partial charge in [-0.1, -0.05) is 17.7 Å². The van der Waals surface area contributed by atoms with Gasteiger partial charge in [0.05, 0.1) is 0 Å². The molecule has 0 spiro atoms. The molecule has 0 aliphatic rings. The fourth-order valence-corrected chi connectivity index (χ4v) is 1.31. The molecule has 0 aliphatic heterocycles. The molecular formula is C10H7ClFN3. The van der Waals surface area contributed by atoms with Crippen molar-refractivity contribution in [1.29, 1.82) is 0 Å². The summed E-state index contributed by atoms with van der Waals surface area (Å²) in [6.07, 6.45) is 0.580. The van der Waals surface area contributed by atoms with E-state index in [9.17, 15) is 4.39 Å². The SMILES string of the molecule is Fc1nccc(Nc2cccc(Cl)c2)n1. The molecule has 2 aromatic rings. The number of anilines is 2. The molecule has 1 aromatic heterocycles. The highest BCUT2D eigenvalue weighted by molar-refractivity contribution is 6.30. The van der Waals surface area contributed by atoms with Gasteiger partial charge in [-0.25, -0.2) is 4.98 Å². The van der Waals surface area contributed by atoms with Crippen LogP contribution in [0.15, 0.2) is 36.5 Å². The molecule has 0 saturated carbocycles. The summed E-state index contributed by atoms with van der Waals surface area (Å²) in [5.41, 5.74) is 0.751. The van der Waals surface area contributed by atoms with Crippen molar-refractivity contribution < 1.29 is 4.39 Å². The van der Waals surface area contributed by atoms with Crippen LogP contribution in [0, 0.1) is 6.08 Å². The van der Waals surface area contributed by atoms with Crippen LogP contribution in [0.5, 0.6) is 0 Å². The van der Waals surface area contributed by atoms with Crippen LogP contribution < -0.4 is 5.32 Å². The van der Waals surface area contributed by atoms with Gasteiger partial charge in [0, 0.05) is 16.9 Å². The summed E-state index contributed by atoms with van der Waals surface area (Å²) < 4.78 is 12.7. The molecule has 1 aromatic carbocycles. The van der Waals surface area contributed by atoms with Crippen LogP contribution in [0.4, 0.5) is 15.9 Å². The summed E-state index contributed by atoms with van der Waals surface area (Å²) in [6, 6.07) is 8.66. The third kappa shape index (κ3) is 2.63. The second kappa shape index (κ2) is 4.23. The Morgan fingerprint density at radius 2 is 2.13 bits per heavy atom. The first-order valence-corrected chi connectivity index (χ1v) is 4.63. The van der Waals surface area contributed by atoms with Crippen LogP contribution in [0.1, 0.15) is 0 Å². The lowest BCUT2D eigenvalue weighted by atomic mass is 10.3. The smallest absolute Gasteiger partial charge is 0.310 e. The average molecular weight is 224 g/mol. The molecule has 0 fully saturated rings. The van der Waals surface area contributed by atoms with Gasteiger partial charge in [0.2, 0.25) is 0 Å². The van der Waals surface area contributed by atoms with Gasteiger partial charge in [-0.05, 0) is 24.3 Å². The fourth-order valence-electron chi connectivity index (χ4n) is 1.12. The van der Waals surface area contributed by atoms with E-state index >= 15 is 0 Å². The molecule has 0 unspecified atom stereocenters. The first-order chi connectivity index (χ1) is 7.24. The first-order valence-electron chi connectivity index (χ1n) is 4.25. The Kier molecular flexibility index (Phi) is 2.78. The van der Waals surface area contributed by atoms with Crippen LogP contribution in [0.2, 0.25) is 5.02 Å². The van der Waals surface area contributed by atoms with Crippen molar-refractivity contribution in [1.82, 2.24) is 9.97 Å². The van der Waals surface area contributed by atoms with E-state index in [-0.39, 0.29) is 0 Å². The summed E-state index contributed by atoms with van der Waals surface area (Å²) in [4.78, 5) is 6.92. The summed E-state index contributed by atoms with van der Waals surface area (Å²) in [5.74, 6) is 0.393. The van der Waals surface area contributed by atoms with E-state index in [0.29, 0.717) is 10.8 Å². The Hall–Kier alpha value is -1.68. The van der Waals surface area contributed by atoms with Crippen molar-refractivity contribution in [3.8, 4) is 0 Å². The maximum atomic E-state index is 12.7. The van der Waals surface area contributed by atoms with Crippen LogP contribution in [0.25, 0.3) is 0 Å². The number of hydrogen-bond acceptors (Lipinski definition) is 3. The van der Waals surface area contributed by atoms with Crippen LogP contribution in [0.3, 0.4) is 0 Å². The van der Waals surface area contributed by atoms with Gasteiger partial charge in [0.25, 0.3) is 0 Å². The highest BCUT2D eigenvalue weighted by Gasteiger charge is 1.98. The summed E-state index contributed by atoms with van der Waals surface area (Å²) in [7, 11) is 0. The number of halogens is 2. The van der Waals surface area contributed by atoms with Crippen molar-refractivity contribution in [3.05, 3.63) is 47.6 Å². The highest BCUT2D eigenvalue weighted by atomic mass is 35.5. The van der Waals surface area contributed by atoms with Gasteiger partial charge in [-0.2, -0.15) is 9.37 Å². The molecule has 5 heteroatoms. The molecule has 1 N–H and O–H groups in total. The number of rotatable bonds is 2. The topological polar surface area (TPSA) is 37.8 Å². The van der Waals surface area contributed by atoms with E-state index in [4.69, 9.17) is 11.6 Å². The van der Waals surface area contributed by atoms with Crippen LogP contribution in [-0.4, -0.2) is 9.97 Å². The van der Waals surface area contributed by atoms with Crippen molar-refractivity contribution in [2.24, 2.45) is 0 Å². The third-order valence-corrected chi connectivity index (χ3v) is 1.96. The van der Waals surface area contributed by atoms with Crippen LogP contribution in [-0.2, 0) is 0 Å². The normalized spacial score (nSPS) is 10.0. The van der Waals surface area contributed by atoms with Gasteiger partial charge >= 0.3 is 6.08 Å². The Labute approximate surface area is 90.9 Å². The lowest BCUT2D eigenvalue weighted by Gasteiger charge is -2.04. The molecular weight excluding hydrogens is 217 g/mol. The van der Waals surface area contributed by atoms with Crippen LogP contribution >= 0.6 is 11.6 Å². The van der Waals surface area contributed by atoms with E-state index in [2.05, 4.69) is 15.3 Å². The molecule has 0 amide bonds. The summed E-state index contributed by atoms with van der Waals surface area (Å²) >= 11 is 5.80. The number of nitrogens with zero attached hydrogens (tertiary/aromatic N) is 2. The summed E-state index contributed by atoms with van der Waals surface area (Å²) in [5, 5.41) is 3.52. The zero-order valence-corrected chi connectivity index (χ0v) is 8.37. The van der Waals surface area contributed by atoms with E-state index < -0.39 is 6.08 Å². The lowest BCUT2D eigenvalue weighted by Crippen LogP contribution is -1.96. The average Bonchev–Trinajstić information content (AvgIpc) is 2.17. The molecule has 0 bridgehead atoms. The molecule has 0 atom stereocenters. The molecule has 0 radical (unpaired) electrons. The van der Waals surface area contributed by atoms with Crippen molar-refractivity contribution in [2.75, 3.05) is 5.32 Å². The van der Waals surface area contributed by atoms with Gasteiger partial charge in [0.1, 0.15) is 5.82 Å². The Bertz CT molecular complexity index is 432. The highest BCUT2D eigenvalue weighted by Crippen LogP contribution is 2.18. The van der Waals surface area contributed by atoms with Crippen molar-refractivity contribution in [3.63, 3.8) is 0 Å². The molecule has 0 saturated heterocycles. The van der Waals surface area contributed by atoms with E-state index in [1.165, 1.54) is 6.20 Å². The van der Waals surface area contributed by atoms with Gasteiger partial charge in [0.15, 0.2) is 0 Å². The Morgan fingerprint density at radius 3 is 2.87 bits per heavy atom. The second-order valence-electron chi connectivity index (χ2n) is 2.85. The predicted octanol–water partition coefficient (Wildman–Crippen LogP) is 3.01. The number of hydrogen-bond donors (Lipinski definition) is 1. The maximum absolute atomic E-state index is 12.7. The monoisotopic (exact) mass is 223 g/mol. The molecule has 1 heterocycles. The quantitative estimate of drug-likeness (QED) is 0.796. The minimum absolute atomic E-state index is 0.393.